The molecule has 0 aromatic heterocycles. The molecule has 0 fully saturated rings. The number of nitrogens with one attached hydrogen (secondary N) is 2. The lowest BCUT2D eigenvalue weighted by Gasteiger charge is -2.17. The average Bonchev–Trinajstić information content (AvgIpc) is 2.56. The van der Waals surface area contributed by atoms with Gasteiger partial charge in [0.1, 0.15) is 17.5 Å². The summed E-state index contributed by atoms with van der Waals surface area (Å²) in [4.78, 5) is 12.2. The fourth-order valence-electron chi connectivity index (χ4n) is 1.99. The largest absolute Gasteiger partial charge is 0.497 e. The van der Waals surface area contributed by atoms with Crippen LogP contribution in [0.1, 0.15) is 6.92 Å². The Morgan fingerprint density at radius 1 is 1.00 bits per heavy atom. The summed E-state index contributed by atoms with van der Waals surface area (Å²) in [6.07, 6.45) is 0. The van der Waals surface area contributed by atoms with Gasteiger partial charge in [0.2, 0.25) is 5.91 Å². The van der Waals surface area contributed by atoms with E-state index in [1.165, 1.54) is 0 Å². The van der Waals surface area contributed by atoms with Gasteiger partial charge in [0.25, 0.3) is 0 Å². The molecule has 2 aromatic rings. The molecule has 0 aliphatic carbocycles. The highest BCUT2D eigenvalue weighted by molar-refractivity contribution is 5.96. The molecule has 0 heterocycles. The van der Waals surface area contributed by atoms with Crippen LogP contribution in [0, 0.1) is 0 Å². The molecular weight excluding hydrogens is 280 g/mol. The summed E-state index contributed by atoms with van der Waals surface area (Å²) in [6.45, 7) is 1.80. The molecule has 0 spiro atoms. The number of carbonyl (C=O) groups is 1. The summed E-state index contributed by atoms with van der Waals surface area (Å²) in [5.41, 5.74) is 1.50. The maximum atomic E-state index is 12.2. The standard InChI is InChI=1S/C17H20N2O3/c1-12(18-15-6-4-5-7-16(15)22-3)17(20)19-13-8-10-14(21-2)11-9-13/h4-12,18H,1-3H3,(H,19,20)/t12-/m1/s1. The molecular formula is C17H20N2O3. The van der Waals surface area contributed by atoms with E-state index >= 15 is 0 Å². The van der Waals surface area contributed by atoms with Crippen molar-refractivity contribution >= 4 is 17.3 Å². The van der Waals surface area contributed by atoms with Crippen LogP contribution in [0.25, 0.3) is 0 Å². The predicted molar refractivity (Wildman–Crippen MR) is 87.7 cm³/mol. The fraction of sp³-hybridized carbons (Fsp3) is 0.235. The zero-order valence-electron chi connectivity index (χ0n) is 12.9. The molecule has 1 amide bonds. The molecule has 0 radical (unpaired) electrons. The van der Waals surface area contributed by atoms with Gasteiger partial charge in [0.05, 0.1) is 19.9 Å². The van der Waals surface area contributed by atoms with Gasteiger partial charge >= 0.3 is 0 Å². The maximum Gasteiger partial charge on any atom is 0.246 e. The molecule has 0 saturated carbocycles. The second kappa shape index (κ2) is 7.36. The summed E-state index contributed by atoms with van der Waals surface area (Å²) in [7, 11) is 3.20. The first-order chi connectivity index (χ1) is 10.6. The molecule has 0 bridgehead atoms. The number of amides is 1. The number of ether oxygens (including phenoxy) is 2. The van der Waals surface area contributed by atoms with Crippen LogP contribution in [0.15, 0.2) is 48.5 Å². The Balaban J connectivity index is 1.99. The maximum absolute atomic E-state index is 12.2. The Hall–Kier alpha value is -2.69. The minimum absolute atomic E-state index is 0.129. The van der Waals surface area contributed by atoms with Crippen molar-refractivity contribution in [3.05, 3.63) is 48.5 Å². The molecule has 2 N–H and O–H groups in total. The van der Waals surface area contributed by atoms with Gasteiger partial charge in [-0.05, 0) is 43.3 Å². The van der Waals surface area contributed by atoms with Gasteiger partial charge in [-0.1, -0.05) is 12.1 Å². The Labute approximate surface area is 130 Å². The third-order valence-electron chi connectivity index (χ3n) is 3.23. The topological polar surface area (TPSA) is 59.6 Å². The highest BCUT2D eigenvalue weighted by Gasteiger charge is 2.14. The van der Waals surface area contributed by atoms with E-state index < -0.39 is 6.04 Å². The zero-order chi connectivity index (χ0) is 15.9. The molecule has 5 nitrogen and oxygen atoms in total. The molecule has 116 valence electrons. The van der Waals surface area contributed by atoms with Gasteiger partial charge in [-0.15, -0.1) is 0 Å². The summed E-state index contributed by atoms with van der Waals surface area (Å²) in [6, 6.07) is 14.3. The number of hydrogen-bond acceptors (Lipinski definition) is 4. The number of rotatable bonds is 6. The van der Waals surface area contributed by atoms with Crippen LogP contribution in [0.3, 0.4) is 0 Å². The average molecular weight is 300 g/mol. The molecule has 0 unspecified atom stereocenters. The zero-order valence-corrected chi connectivity index (χ0v) is 12.9. The quantitative estimate of drug-likeness (QED) is 0.860. The van der Waals surface area contributed by atoms with Crippen LogP contribution in [0.2, 0.25) is 0 Å². The van der Waals surface area contributed by atoms with Crippen molar-refractivity contribution in [2.24, 2.45) is 0 Å². The number of carbonyl (C=O) groups excluding carboxylic acids is 1. The number of anilines is 2. The first kappa shape index (κ1) is 15.7. The Bertz CT molecular complexity index is 626. The van der Waals surface area contributed by atoms with E-state index in [1.807, 2.05) is 24.3 Å². The van der Waals surface area contributed by atoms with Crippen LogP contribution < -0.4 is 20.1 Å². The lowest BCUT2D eigenvalue weighted by Crippen LogP contribution is -2.31. The lowest BCUT2D eigenvalue weighted by atomic mass is 10.2. The number of methoxy groups -OCH3 is 2. The van der Waals surface area contributed by atoms with Gasteiger partial charge in [0.15, 0.2) is 0 Å². The summed E-state index contributed by atoms with van der Waals surface area (Å²) >= 11 is 0. The summed E-state index contributed by atoms with van der Waals surface area (Å²) in [5.74, 6) is 1.32. The van der Waals surface area contributed by atoms with Crippen molar-refractivity contribution in [2.75, 3.05) is 24.9 Å². The second-order valence-electron chi connectivity index (χ2n) is 4.78. The monoisotopic (exact) mass is 300 g/mol. The van der Waals surface area contributed by atoms with Crippen LogP contribution >= 0.6 is 0 Å². The Kier molecular flexibility index (Phi) is 5.25. The van der Waals surface area contributed by atoms with Crippen LogP contribution in [-0.2, 0) is 4.79 Å². The van der Waals surface area contributed by atoms with Crippen LogP contribution in [0.4, 0.5) is 11.4 Å². The van der Waals surface area contributed by atoms with E-state index in [4.69, 9.17) is 9.47 Å². The lowest BCUT2D eigenvalue weighted by molar-refractivity contribution is -0.116. The van der Waals surface area contributed by atoms with Crippen molar-refractivity contribution in [1.29, 1.82) is 0 Å². The molecule has 0 aliphatic heterocycles. The predicted octanol–water partition coefficient (Wildman–Crippen LogP) is 3.14. The molecule has 1 atom stereocenters. The van der Waals surface area contributed by atoms with E-state index in [0.717, 1.165) is 17.1 Å². The minimum Gasteiger partial charge on any atom is -0.497 e. The number of para-hydroxylation sites is 2. The van der Waals surface area contributed by atoms with Gasteiger partial charge in [-0.25, -0.2) is 0 Å². The number of hydrogen-bond donors (Lipinski definition) is 2. The smallest absolute Gasteiger partial charge is 0.246 e. The molecule has 2 aromatic carbocycles. The van der Waals surface area contributed by atoms with E-state index in [2.05, 4.69) is 10.6 Å². The molecule has 0 saturated heterocycles. The highest BCUT2D eigenvalue weighted by atomic mass is 16.5. The van der Waals surface area contributed by atoms with Crippen molar-refractivity contribution in [2.45, 2.75) is 13.0 Å². The second-order valence-corrected chi connectivity index (χ2v) is 4.78. The minimum atomic E-state index is -0.404. The first-order valence-corrected chi connectivity index (χ1v) is 6.98. The fourth-order valence-corrected chi connectivity index (χ4v) is 1.99. The molecule has 22 heavy (non-hydrogen) atoms. The van der Waals surface area contributed by atoms with E-state index in [-0.39, 0.29) is 5.91 Å². The van der Waals surface area contributed by atoms with Crippen LogP contribution in [0.5, 0.6) is 11.5 Å². The Morgan fingerprint density at radius 2 is 1.68 bits per heavy atom. The van der Waals surface area contributed by atoms with Crippen molar-refractivity contribution in [3.63, 3.8) is 0 Å². The normalized spacial score (nSPS) is 11.4. The summed E-state index contributed by atoms with van der Waals surface area (Å²) in [5, 5.41) is 6.00. The number of benzene rings is 2. The Morgan fingerprint density at radius 3 is 2.32 bits per heavy atom. The van der Waals surface area contributed by atoms with E-state index in [1.54, 1.807) is 45.4 Å². The third kappa shape index (κ3) is 3.91. The molecule has 5 heteroatoms. The highest BCUT2D eigenvalue weighted by Crippen LogP contribution is 2.24. The van der Waals surface area contributed by atoms with Gasteiger partial charge in [-0.3, -0.25) is 4.79 Å². The van der Waals surface area contributed by atoms with Crippen LogP contribution in [-0.4, -0.2) is 26.2 Å². The van der Waals surface area contributed by atoms with Gasteiger partial charge in [0, 0.05) is 5.69 Å². The van der Waals surface area contributed by atoms with Gasteiger partial charge < -0.3 is 20.1 Å². The summed E-state index contributed by atoms with van der Waals surface area (Å²) < 4.78 is 10.3. The van der Waals surface area contributed by atoms with Crippen molar-refractivity contribution in [3.8, 4) is 11.5 Å². The molecule has 0 aliphatic rings. The SMILES string of the molecule is COc1ccc(NC(=O)[C@@H](C)Nc2ccccc2OC)cc1. The third-order valence-corrected chi connectivity index (χ3v) is 3.23. The van der Waals surface area contributed by atoms with E-state index in [0.29, 0.717) is 5.75 Å². The van der Waals surface area contributed by atoms with E-state index in [9.17, 15) is 4.79 Å². The van der Waals surface area contributed by atoms with Gasteiger partial charge in [-0.2, -0.15) is 0 Å². The van der Waals surface area contributed by atoms with Crippen molar-refractivity contribution in [1.82, 2.24) is 0 Å². The van der Waals surface area contributed by atoms with Crippen molar-refractivity contribution < 1.29 is 14.3 Å². The first-order valence-electron chi connectivity index (χ1n) is 6.98. The molecule has 2 rings (SSSR count).